The van der Waals surface area contributed by atoms with Crippen molar-refractivity contribution < 1.29 is 21.6 Å². The molecule has 0 fully saturated rings. The maximum absolute atomic E-state index is 12.4. The lowest BCUT2D eigenvalue weighted by Crippen LogP contribution is -2.25. The van der Waals surface area contributed by atoms with Crippen molar-refractivity contribution in [2.24, 2.45) is 0 Å². The van der Waals surface area contributed by atoms with Crippen LogP contribution >= 0.6 is 21.4 Å². The van der Waals surface area contributed by atoms with Gasteiger partial charge in [0.1, 0.15) is 11.5 Å². The van der Waals surface area contributed by atoms with Gasteiger partial charge in [0.05, 0.1) is 9.79 Å². The van der Waals surface area contributed by atoms with Gasteiger partial charge >= 0.3 is 0 Å². The first kappa shape index (κ1) is 21.5. The minimum absolute atomic E-state index is 0.0281. The molecular formula is C23H16Cl2O5S2. The fraction of sp³-hybridized carbons (Fsp3) is 0.130. The van der Waals surface area contributed by atoms with Crippen molar-refractivity contribution >= 4 is 61.0 Å². The van der Waals surface area contributed by atoms with Gasteiger partial charge in [0.15, 0.2) is 0 Å². The third-order valence-electron chi connectivity index (χ3n) is 5.99. The van der Waals surface area contributed by atoms with Crippen LogP contribution in [-0.2, 0) is 23.5 Å². The molecule has 0 aliphatic carbocycles. The van der Waals surface area contributed by atoms with Crippen LogP contribution in [0.2, 0.25) is 0 Å². The Hall–Kier alpha value is -2.32. The maximum atomic E-state index is 12.4. The monoisotopic (exact) mass is 506 g/mol. The molecule has 1 heterocycles. The zero-order chi connectivity index (χ0) is 23.1. The van der Waals surface area contributed by atoms with Crippen LogP contribution in [0.4, 0.5) is 0 Å². The molecule has 4 aromatic rings. The van der Waals surface area contributed by atoms with E-state index in [-0.39, 0.29) is 9.79 Å². The second-order valence-corrected chi connectivity index (χ2v) is 13.3. The molecular weight excluding hydrogens is 491 g/mol. The Bertz CT molecular complexity index is 1550. The van der Waals surface area contributed by atoms with Crippen molar-refractivity contribution in [2.45, 2.75) is 29.1 Å². The summed E-state index contributed by atoms with van der Waals surface area (Å²) in [6.45, 7) is 3.76. The summed E-state index contributed by atoms with van der Waals surface area (Å²) in [6, 6.07) is 17.0. The standard InChI is InChI=1S/C23H16Cl2O5S2/c1-23(2)17-11-19(31(24,26)27)13-7-3-5-9-15(13)21(17)30-22-16-10-6-4-8-14(16)20(12-18(22)23)32(25,28)29/h3-12H,1-2H3. The molecule has 164 valence electrons. The van der Waals surface area contributed by atoms with Gasteiger partial charge in [-0.25, -0.2) is 16.8 Å². The Balaban J connectivity index is 1.95. The Morgan fingerprint density at radius 2 is 1.00 bits per heavy atom. The number of rotatable bonds is 2. The highest BCUT2D eigenvalue weighted by Crippen LogP contribution is 2.54. The van der Waals surface area contributed by atoms with E-state index in [1.807, 2.05) is 13.8 Å². The van der Waals surface area contributed by atoms with Gasteiger partial charge in [0.2, 0.25) is 0 Å². The van der Waals surface area contributed by atoms with Crippen molar-refractivity contribution in [1.29, 1.82) is 0 Å². The maximum Gasteiger partial charge on any atom is 0.261 e. The second-order valence-electron chi connectivity index (χ2n) is 8.20. The minimum Gasteiger partial charge on any atom is -0.455 e. The summed E-state index contributed by atoms with van der Waals surface area (Å²) in [4.78, 5) is -0.0563. The van der Waals surface area contributed by atoms with Gasteiger partial charge in [-0.15, -0.1) is 0 Å². The van der Waals surface area contributed by atoms with Crippen LogP contribution in [0.5, 0.6) is 11.5 Å². The number of benzene rings is 4. The molecule has 4 aromatic carbocycles. The fourth-order valence-electron chi connectivity index (χ4n) is 4.43. The van der Waals surface area contributed by atoms with Gasteiger partial charge < -0.3 is 4.74 Å². The van der Waals surface area contributed by atoms with Crippen molar-refractivity contribution in [2.75, 3.05) is 0 Å². The molecule has 0 radical (unpaired) electrons. The molecule has 0 amide bonds. The Labute approximate surface area is 194 Å². The van der Waals surface area contributed by atoms with E-state index in [0.29, 0.717) is 44.2 Å². The van der Waals surface area contributed by atoms with Gasteiger partial charge in [0, 0.05) is 59.5 Å². The number of hydrogen-bond donors (Lipinski definition) is 0. The Kier molecular flexibility index (Phi) is 4.60. The van der Waals surface area contributed by atoms with E-state index >= 15 is 0 Å². The highest BCUT2D eigenvalue weighted by molar-refractivity contribution is 8.14. The normalized spacial score (nSPS) is 15.2. The predicted octanol–water partition coefficient (Wildman–Crippen LogP) is 6.28. The average molecular weight is 507 g/mol. The third-order valence-corrected chi connectivity index (χ3v) is 8.71. The van der Waals surface area contributed by atoms with Gasteiger partial charge in [-0.2, -0.15) is 0 Å². The molecule has 0 N–H and O–H groups in total. The SMILES string of the molecule is CC1(C)c2cc(S(=O)(=O)Cl)c3ccccc3c2Oc2c1cc(S(=O)(=O)Cl)c1ccccc21. The second kappa shape index (κ2) is 6.84. The smallest absolute Gasteiger partial charge is 0.261 e. The summed E-state index contributed by atoms with van der Waals surface area (Å²) < 4.78 is 55.9. The van der Waals surface area contributed by atoms with E-state index in [4.69, 9.17) is 26.1 Å². The zero-order valence-electron chi connectivity index (χ0n) is 16.9. The van der Waals surface area contributed by atoms with Gasteiger partial charge in [-0.3, -0.25) is 0 Å². The molecule has 1 aliphatic heterocycles. The molecule has 0 saturated heterocycles. The number of ether oxygens (including phenoxy) is 1. The summed E-state index contributed by atoms with van der Waals surface area (Å²) >= 11 is 0. The summed E-state index contributed by atoms with van der Waals surface area (Å²) in [7, 11) is 3.43. The number of halogens is 2. The summed E-state index contributed by atoms with van der Waals surface area (Å²) in [5.74, 6) is 1.02. The molecule has 9 heteroatoms. The molecule has 0 bridgehead atoms. The topological polar surface area (TPSA) is 77.5 Å². The zero-order valence-corrected chi connectivity index (χ0v) is 20.0. The Morgan fingerprint density at radius 1 is 0.656 bits per heavy atom. The van der Waals surface area contributed by atoms with E-state index in [9.17, 15) is 16.8 Å². The lowest BCUT2D eigenvalue weighted by molar-refractivity contribution is 0.426. The highest BCUT2D eigenvalue weighted by Gasteiger charge is 2.39. The molecule has 1 aliphatic rings. The number of hydrogen-bond acceptors (Lipinski definition) is 5. The summed E-state index contributed by atoms with van der Waals surface area (Å²) in [6.07, 6.45) is 0. The van der Waals surface area contributed by atoms with E-state index in [0.717, 1.165) is 0 Å². The highest BCUT2D eigenvalue weighted by atomic mass is 35.7. The average Bonchev–Trinajstić information content (AvgIpc) is 2.71. The first-order chi connectivity index (χ1) is 14.9. The third kappa shape index (κ3) is 3.10. The first-order valence-corrected chi connectivity index (χ1v) is 14.2. The fourth-order valence-corrected chi connectivity index (χ4v) is 6.59. The molecule has 0 spiro atoms. The van der Waals surface area contributed by atoms with E-state index in [1.54, 1.807) is 48.5 Å². The van der Waals surface area contributed by atoms with Gasteiger partial charge in [-0.05, 0) is 12.1 Å². The van der Waals surface area contributed by atoms with Crippen molar-refractivity contribution in [3.63, 3.8) is 0 Å². The Morgan fingerprint density at radius 3 is 1.34 bits per heavy atom. The van der Waals surface area contributed by atoms with Crippen molar-refractivity contribution in [1.82, 2.24) is 0 Å². The molecule has 32 heavy (non-hydrogen) atoms. The summed E-state index contributed by atoms with van der Waals surface area (Å²) in [5.41, 5.74) is 0.344. The van der Waals surface area contributed by atoms with Crippen LogP contribution in [0.15, 0.2) is 70.5 Å². The van der Waals surface area contributed by atoms with Crippen LogP contribution in [-0.4, -0.2) is 16.8 Å². The van der Waals surface area contributed by atoms with Gasteiger partial charge in [0.25, 0.3) is 18.1 Å². The van der Waals surface area contributed by atoms with Crippen LogP contribution in [0.1, 0.15) is 25.0 Å². The van der Waals surface area contributed by atoms with Crippen LogP contribution in [0.3, 0.4) is 0 Å². The minimum atomic E-state index is -4.06. The molecule has 5 nitrogen and oxygen atoms in total. The lowest BCUT2D eigenvalue weighted by Gasteiger charge is -2.36. The molecule has 0 unspecified atom stereocenters. The number of fused-ring (bicyclic) bond motifs is 6. The first-order valence-electron chi connectivity index (χ1n) is 9.60. The molecule has 0 saturated carbocycles. The lowest BCUT2D eigenvalue weighted by atomic mass is 9.74. The predicted molar refractivity (Wildman–Crippen MR) is 126 cm³/mol. The molecule has 5 rings (SSSR count). The summed E-state index contributed by atoms with van der Waals surface area (Å²) in [5, 5.41) is 2.09. The van der Waals surface area contributed by atoms with Crippen LogP contribution < -0.4 is 4.74 Å². The molecule has 0 atom stereocenters. The van der Waals surface area contributed by atoms with Crippen molar-refractivity contribution in [3.8, 4) is 11.5 Å². The van der Waals surface area contributed by atoms with E-state index in [2.05, 4.69) is 0 Å². The van der Waals surface area contributed by atoms with E-state index in [1.165, 1.54) is 12.1 Å². The van der Waals surface area contributed by atoms with Crippen LogP contribution in [0, 0.1) is 0 Å². The quantitative estimate of drug-likeness (QED) is 0.299. The van der Waals surface area contributed by atoms with Crippen molar-refractivity contribution in [3.05, 3.63) is 71.8 Å². The largest absolute Gasteiger partial charge is 0.455 e. The van der Waals surface area contributed by atoms with Gasteiger partial charge in [-0.1, -0.05) is 62.4 Å². The van der Waals surface area contributed by atoms with Crippen LogP contribution in [0.25, 0.3) is 21.5 Å². The van der Waals surface area contributed by atoms with E-state index < -0.39 is 23.5 Å². The molecule has 0 aromatic heterocycles.